The minimum Gasteiger partial charge on any atom is -0.492 e. The average molecular weight is 196 g/mol. The molecule has 2 rings (SSSR count). The fourth-order valence-corrected chi connectivity index (χ4v) is 1.59. The fourth-order valence-electron chi connectivity index (χ4n) is 1.37. The number of nitrogens with one attached hydrogen (secondary N) is 1. The molecule has 2 nitrogen and oxygen atoms in total. The third-order valence-corrected chi connectivity index (χ3v) is 2.26. The molecular weight excluding hydrogens is 186 g/mol. The van der Waals surface area contributed by atoms with Crippen LogP contribution in [0.5, 0.6) is 5.75 Å². The van der Waals surface area contributed by atoms with Crippen molar-refractivity contribution >= 4 is 22.5 Å². The number of H-pyrrole nitrogens is 1. The van der Waals surface area contributed by atoms with Crippen LogP contribution in [0.25, 0.3) is 10.9 Å². The minimum atomic E-state index is 0.662. The smallest absolute Gasteiger partial charge is 0.143 e. The van der Waals surface area contributed by atoms with Crippen molar-refractivity contribution in [3.63, 3.8) is 0 Å². The number of ether oxygens (including phenoxy) is 1. The maximum Gasteiger partial charge on any atom is 0.143 e. The van der Waals surface area contributed by atoms with Crippen molar-refractivity contribution in [2.24, 2.45) is 0 Å². The lowest BCUT2D eigenvalue weighted by Gasteiger charge is -2.04. The Morgan fingerprint density at radius 3 is 3.00 bits per heavy atom. The van der Waals surface area contributed by atoms with E-state index in [1.807, 2.05) is 31.3 Å². The molecule has 1 aromatic carbocycles. The van der Waals surface area contributed by atoms with E-state index in [0.717, 1.165) is 21.7 Å². The zero-order chi connectivity index (χ0) is 9.26. The second-order valence-electron chi connectivity index (χ2n) is 2.74. The summed E-state index contributed by atoms with van der Waals surface area (Å²) in [6, 6.07) is 5.67. The van der Waals surface area contributed by atoms with Gasteiger partial charge in [-0.1, -0.05) is 11.6 Å². The van der Waals surface area contributed by atoms with Crippen LogP contribution in [0.3, 0.4) is 0 Å². The molecule has 2 aromatic rings. The highest BCUT2D eigenvalue weighted by Crippen LogP contribution is 2.30. The Hall–Kier alpha value is -1.15. The Kier molecular flexibility index (Phi) is 2.15. The lowest BCUT2D eigenvalue weighted by atomic mass is 10.2. The maximum absolute atomic E-state index is 5.99. The van der Waals surface area contributed by atoms with Gasteiger partial charge in [0.2, 0.25) is 0 Å². The molecule has 1 aromatic heterocycles. The van der Waals surface area contributed by atoms with Crippen LogP contribution in [0, 0.1) is 0 Å². The van der Waals surface area contributed by atoms with E-state index in [9.17, 15) is 0 Å². The summed E-state index contributed by atoms with van der Waals surface area (Å²) in [5.41, 5.74) is 0.967. The van der Waals surface area contributed by atoms with Gasteiger partial charge in [0.25, 0.3) is 0 Å². The monoisotopic (exact) mass is 195 g/mol. The Morgan fingerprint density at radius 1 is 1.38 bits per heavy atom. The van der Waals surface area contributed by atoms with Crippen molar-refractivity contribution in [2.45, 2.75) is 6.92 Å². The minimum absolute atomic E-state index is 0.662. The number of hydrogen-bond donors (Lipinski definition) is 1. The van der Waals surface area contributed by atoms with Crippen LogP contribution in [0.4, 0.5) is 0 Å². The molecule has 0 aliphatic rings. The Balaban J connectivity index is 2.64. The number of hydrogen-bond acceptors (Lipinski definition) is 1. The number of rotatable bonds is 2. The molecule has 0 spiro atoms. The van der Waals surface area contributed by atoms with Crippen molar-refractivity contribution in [3.05, 3.63) is 29.4 Å². The van der Waals surface area contributed by atoms with Crippen LogP contribution in [0.1, 0.15) is 6.92 Å². The van der Waals surface area contributed by atoms with Crippen LogP contribution in [-0.4, -0.2) is 11.6 Å². The molecule has 0 aliphatic carbocycles. The number of fused-ring (bicyclic) bond motifs is 1. The molecule has 0 unspecified atom stereocenters. The van der Waals surface area contributed by atoms with Gasteiger partial charge in [-0.2, -0.15) is 0 Å². The maximum atomic E-state index is 5.99. The van der Waals surface area contributed by atoms with E-state index in [-0.39, 0.29) is 0 Å². The van der Waals surface area contributed by atoms with E-state index in [1.165, 1.54) is 0 Å². The molecule has 1 N–H and O–H groups in total. The fraction of sp³-hybridized carbons (Fsp3) is 0.200. The first kappa shape index (κ1) is 8.45. The molecule has 0 fully saturated rings. The van der Waals surface area contributed by atoms with Gasteiger partial charge in [0.1, 0.15) is 5.75 Å². The van der Waals surface area contributed by atoms with Gasteiger partial charge in [0.05, 0.1) is 17.1 Å². The van der Waals surface area contributed by atoms with Crippen molar-refractivity contribution < 1.29 is 4.74 Å². The molecule has 3 heteroatoms. The largest absolute Gasteiger partial charge is 0.492 e. The van der Waals surface area contributed by atoms with E-state index in [1.54, 1.807) is 0 Å². The first-order valence-electron chi connectivity index (χ1n) is 4.21. The third kappa shape index (κ3) is 1.38. The first-order valence-corrected chi connectivity index (χ1v) is 4.59. The van der Waals surface area contributed by atoms with Gasteiger partial charge in [0, 0.05) is 11.6 Å². The van der Waals surface area contributed by atoms with Crippen molar-refractivity contribution in [2.75, 3.05) is 6.61 Å². The highest BCUT2D eigenvalue weighted by Gasteiger charge is 2.05. The van der Waals surface area contributed by atoms with E-state index >= 15 is 0 Å². The topological polar surface area (TPSA) is 25.0 Å². The molecule has 0 bridgehead atoms. The Morgan fingerprint density at radius 2 is 2.23 bits per heavy atom. The number of aromatic amines is 1. The molecular formula is C10H10ClNO. The molecule has 68 valence electrons. The van der Waals surface area contributed by atoms with Gasteiger partial charge in [-0.3, -0.25) is 0 Å². The molecule has 0 radical (unpaired) electrons. The summed E-state index contributed by atoms with van der Waals surface area (Å²) in [6.07, 6.45) is 1.86. The average Bonchev–Trinajstić information content (AvgIpc) is 2.59. The summed E-state index contributed by atoms with van der Waals surface area (Å²) in [6.45, 7) is 2.62. The van der Waals surface area contributed by atoms with Crippen LogP contribution in [0.15, 0.2) is 24.4 Å². The van der Waals surface area contributed by atoms with Gasteiger partial charge in [-0.25, -0.2) is 0 Å². The zero-order valence-corrected chi connectivity index (χ0v) is 8.06. The Bertz CT molecular complexity index is 422. The summed E-state index contributed by atoms with van der Waals surface area (Å²) in [7, 11) is 0. The molecule has 0 saturated carbocycles. The predicted octanol–water partition coefficient (Wildman–Crippen LogP) is 3.22. The highest BCUT2D eigenvalue weighted by atomic mass is 35.5. The van der Waals surface area contributed by atoms with Gasteiger partial charge in [-0.15, -0.1) is 0 Å². The summed E-state index contributed by atoms with van der Waals surface area (Å²) in [4.78, 5) is 3.10. The predicted molar refractivity (Wildman–Crippen MR) is 54.5 cm³/mol. The van der Waals surface area contributed by atoms with Gasteiger partial charge >= 0.3 is 0 Å². The van der Waals surface area contributed by atoms with Crippen molar-refractivity contribution in [1.29, 1.82) is 0 Å². The van der Waals surface area contributed by atoms with Crippen LogP contribution in [-0.2, 0) is 0 Å². The quantitative estimate of drug-likeness (QED) is 0.782. The number of benzene rings is 1. The number of halogens is 1. The SMILES string of the molecule is CCOc1ccc(Cl)c2cc[nH]c12. The second kappa shape index (κ2) is 3.30. The lowest BCUT2D eigenvalue weighted by Crippen LogP contribution is -1.91. The van der Waals surface area contributed by atoms with Crippen LogP contribution in [0.2, 0.25) is 5.02 Å². The Labute approximate surface area is 81.5 Å². The van der Waals surface area contributed by atoms with Gasteiger partial charge < -0.3 is 9.72 Å². The van der Waals surface area contributed by atoms with Crippen LogP contribution >= 0.6 is 11.6 Å². The summed E-state index contributed by atoms with van der Waals surface area (Å²) in [5, 5.41) is 1.76. The van der Waals surface area contributed by atoms with Crippen molar-refractivity contribution in [3.8, 4) is 5.75 Å². The van der Waals surface area contributed by atoms with E-state index < -0.39 is 0 Å². The zero-order valence-electron chi connectivity index (χ0n) is 7.30. The number of aromatic nitrogens is 1. The van der Waals surface area contributed by atoms with Gasteiger partial charge in [0.15, 0.2) is 0 Å². The normalized spacial score (nSPS) is 10.6. The molecule has 0 aliphatic heterocycles. The van der Waals surface area contributed by atoms with E-state index in [2.05, 4.69) is 4.98 Å². The van der Waals surface area contributed by atoms with Crippen molar-refractivity contribution in [1.82, 2.24) is 4.98 Å². The first-order chi connectivity index (χ1) is 6.33. The molecule has 0 amide bonds. The summed E-state index contributed by atoms with van der Waals surface area (Å²) >= 11 is 5.99. The molecule has 0 atom stereocenters. The standard InChI is InChI=1S/C10H10ClNO/c1-2-13-9-4-3-8(11)7-5-6-12-10(7)9/h3-6,12H,2H2,1H3. The van der Waals surface area contributed by atoms with Crippen LogP contribution < -0.4 is 4.74 Å². The summed E-state index contributed by atoms with van der Waals surface area (Å²) < 4.78 is 5.44. The molecule has 0 saturated heterocycles. The lowest BCUT2D eigenvalue weighted by molar-refractivity contribution is 0.344. The second-order valence-corrected chi connectivity index (χ2v) is 3.15. The third-order valence-electron chi connectivity index (χ3n) is 1.93. The molecule has 13 heavy (non-hydrogen) atoms. The highest BCUT2D eigenvalue weighted by molar-refractivity contribution is 6.35. The van der Waals surface area contributed by atoms with Gasteiger partial charge in [-0.05, 0) is 25.1 Å². The van der Waals surface area contributed by atoms with E-state index in [4.69, 9.17) is 16.3 Å². The summed E-state index contributed by atoms with van der Waals surface area (Å²) in [5.74, 6) is 0.854. The van der Waals surface area contributed by atoms with E-state index in [0.29, 0.717) is 6.61 Å². The molecule has 1 heterocycles.